The lowest BCUT2D eigenvalue weighted by atomic mass is 10.2. The number of phenols is 1. The van der Waals surface area contributed by atoms with E-state index < -0.39 is 0 Å². The van der Waals surface area contributed by atoms with Gasteiger partial charge in [-0.2, -0.15) is 0 Å². The number of aromatic hydroxyl groups is 1. The van der Waals surface area contributed by atoms with Crippen LogP contribution in [0.5, 0.6) is 5.75 Å². The number of aromatic nitrogens is 1. The number of fused-ring (bicyclic) bond motifs is 1. The van der Waals surface area contributed by atoms with E-state index in [0.29, 0.717) is 11.6 Å². The fraction of sp³-hybridized carbons (Fsp3) is 0.211. The quantitative estimate of drug-likeness (QED) is 0.473. The van der Waals surface area contributed by atoms with Crippen LogP contribution in [0.25, 0.3) is 10.9 Å². The number of nitrogens with zero attached hydrogens (tertiary/aromatic N) is 1. The van der Waals surface area contributed by atoms with Crippen LogP contribution in [0, 0.1) is 0 Å². The van der Waals surface area contributed by atoms with Crippen LogP contribution in [0.1, 0.15) is 12.0 Å². The maximum Gasteiger partial charge on any atom is 0.115 e. The van der Waals surface area contributed by atoms with E-state index in [-0.39, 0.29) is 5.75 Å². The topological polar surface area (TPSA) is 57.2 Å². The fourth-order valence-electron chi connectivity index (χ4n) is 2.63. The standard InChI is InChI=1S/C19H19BrClN3O/c20-17-5-3-15(25)10-13(17)12-22-7-1-8-23-18-6-9-24-19-11-14(21)2-4-16(18)19/h2-6,9-11,22,25H,1,7-8,12H2,(H,23,24). The van der Waals surface area contributed by atoms with Gasteiger partial charge < -0.3 is 15.7 Å². The molecule has 0 spiro atoms. The molecule has 2 aromatic carbocycles. The van der Waals surface area contributed by atoms with Crippen LogP contribution in [0.3, 0.4) is 0 Å². The molecule has 6 heteroatoms. The lowest BCUT2D eigenvalue weighted by Crippen LogP contribution is -2.18. The summed E-state index contributed by atoms with van der Waals surface area (Å²) in [5.41, 5.74) is 3.01. The maximum absolute atomic E-state index is 9.54. The first-order valence-electron chi connectivity index (χ1n) is 8.10. The summed E-state index contributed by atoms with van der Waals surface area (Å²) in [6.45, 7) is 2.45. The van der Waals surface area contributed by atoms with E-state index in [9.17, 15) is 5.11 Å². The third kappa shape index (κ3) is 4.84. The average molecular weight is 421 g/mol. The molecule has 130 valence electrons. The van der Waals surface area contributed by atoms with Gasteiger partial charge in [-0.05, 0) is 61.0 Å². The third-order valence-electron chi connectivity index (χ3n) is 3.90. The Labute approximate surface area is 160 Å². The second kappa shape index (κ2) is 8.52. The highest BCUT2D eigenvalue weighted by molar-refractivity contribution is 9.10. The van der Waals surface area contributed by atoms with Crippen molar-refractivity contribution in [2.24, 2.45) is 0 Å². The molecule has 0 aliphatic heterocycles. The lowest BCUT2D eigenvalue weighted by Gasteiger charge is -2.11. The summed E-state index contributed by atoms with van der Waals surface area (Å²) in [7, 11) is 0. The van der Waals surface area contributed by atoms with Crippen molar-refractivity contribution in [1.29, 1.82) is 0 Å². The minimum Gasteiger partial charge on any atom is -0.508 e. The van der Waals surface area contributed by atoms with Crippen molar-refractivity contribution in [1.82, 2.24) is 10.3 Å². The number of rotatable bonds is 7. The molecule has 0 amide bonds. The van der Waals surface area contributed by atoms with Crippen LogP contribution < -0.4 is 10.6 Å². The van der Waals surface area contributed by atoms with Crippen molar-refractivity contribution in [3.05, 3.63) is 63.7 Å². The largest absolute Gasteiger partial charge is 0.508 e. The lowest BCUT2D eigenvalue weighted by molar-refractivity contribution is 0.474. The molecular weight excluding hydrogens is 402 g/mol. The summed E-state index contributed by atoms with van der Waals surface area (Å²) in [4.78, 5) is 4.35. The Morgan fingerprint density at radius 2 is 1.96 bits per heavy atom. The Kier molecular flexibility index (Phi) is 6.13. The molecule has 25 heavy (non-hydrogen) atoms. The minimum absolute atomic E-state index is 0.284. The van der Waals surface area contributed by atoms with Gasteiger partial charge in [0, 0.05) is 39.9 Å². The average Bonchev–Trinajstić information content (AvgIpc) is 2.60. The van der Waals surface area contributed by atoms with E-state index in [1.807, 2.05) is 30.3 Å². The highest BCUT2D eigenvalue weighted by Gasteiger charge is 2.03. The van der Waals surface area contributed by atoms with Crippen molar-refractivity contribution in [3.63, 3.8) is 0 Å². The van der Waals surface area contributed by atoms with Gasteiger partial charge in [-0.1, -0.05) is 27.5 Å². The fourth-order valence-corrected chi connectivity index (χ4v) is 3.18. The Balaban J connectivity index is 1.47. The molecule has 3 N–H and O–H groups in total. The van der Waals surface area contributed by atoms with Crippen molar-refractivity contribution in [2.45, 2.75) is 13.0 Å². The van der Waals surface area contributed by atoms with Crippen LogP contribution in [-0.4, -0.2) is 23.2 Å². The molecule has 0 radical (unpaired) electrons. The normalized spacial score (nSPS) is 11.0. The zero-order chi connectivity index (χ0) is 17.6. The Hall–Kier alpha value is -1.82. The maximum atomic E-state index is 9.54. The first-order chi connectivity index (χ1) is 12.1. The molecule has 0 unspecified atom stereocenters. The molecule has 0 bridgehead atoms. The molecule has 1 heterocycles. The summed E-state index contributed by atoms with van der Waals surface area (Å²) in [6.07, 6.45) is 2.77. The van der Waals surface area contributed by atoms with Crippen LogP contribution in [0.15, 0.2) is 53.1 Å². The van der Waals surface area contributed by atoms with Gasteiger partial charge in [0.2, 0.25) is 0 Å². The van der Waals surface area contributed by atoms with Gasteiger partial charge in [-0.3, -0.25) is 4.98 Å². The first kappa shape index (κ1) is 18.0. The number of phenolic OH excluding ortho intramolecular Hbond substituents is 1. The van der Waals surface area contributed by atoms with E-state index in [2.05, 4.69) is 31.5 Å². The molecule has 0 saturated carbocycles. The van der Waals surface area contributed by atoms with Crippen LogP contribution in [-0.2, 0) is 6.54 Å². The van der Waals surface area contributed by atoms with Crippen molar-refractivity contribution < 1.29 is 5.11 Å². The smallest absolute Gasteiger partial charge is 0.115 e. The van der Waals surface area contributed by atoms with Gasteiger partial charge in [-0.25, -0.2) is 0 Å². The van der Waals surface area contributed by atoms with Crippen LogP contribution >= 0.6 is 27.5 Å². The van der Waals surface area contributed by atoms with Crippen molar-refractivity contribution in [2.75, 3.05) is 18.4 Å². The van der Waals surface area contributed by atoms with E-state index in [1.165, 1.54) is 0 Å². The zero-order valence-corrected chi connectivity index (χ0v) is 15.9. The van der Waals surface area contributed by atoms with E-state index in [4.69, 9.17) is 11.6 Å². The SMILES string of the molecule is Oc1ccc(Br)c(CNCCCNc2ccnc3cc(Cl)ccc23)c1. The van der Waals surface area contributed by atoms with Gasteiger partial charge in [0.25, 0.3) is 0 Å². The molecule has 3 rings (SSSR count). The summed E-state index contributed by atoms with van der Waals surface area (Å²) >= 11 is 9.51. The molecule has 3 aromatic rings. The van der Waals surface area contributed by atoms with E-state index >= 15 is 0 Å². The number of hydrogen-bond acceptors (Lipinski definition) is 4. The summed E-state index contributed by atoms with van der Waals surface area (Å²) in [5, 5.41) is 18.1. The minimum atomic E-state index is 0.284. The molecule has 4 nitrogen and oxygen atoms in total. The van der Waals surface area contributed by atoms with Gasteiger partial charge >= 0.3 is 0 Å². The number of pyridine rings is 1. The highest BCUT2D eigenvalue weighted by atomic mass is 79.9. The number of halogens is 2. The molecule has 0 fully saturated rings. The van der Waals surface area contributed by atoms with Gasteiger partial charge in [0.1, 0.15) is 5.75 Å². The monoisotopic (exact) mass is 419 g/mol. The number of hydrogen-bond donors (Lipinski definition) is 3. The van der Waals surface area contributed by atoms with Crippen LogP contribution in [0.2, 0.25) is 5.02 Å². The molecule has 0 saturated heterocycles. The first-order valence-corrected chi connectivity index (χ1v) is 9.27. The number of benzene rings is 2. The molecule has 0 atom stereocenters. The Morgan fingerprint density at radius 3 is 2.84 bits per heavy atom. The Morgan fingerprint density at radius 1 is 1.08 bits per heavy atom. The number of anilines is 1. The van der Waals surface area contributed by atoms with Crippen molar-refractivity contribution in [3.8, 4) is 5.75 Å². The Bertz CT molecular complexity index is 872. The zero-order valence-electron chi connectivity index (χ0n) is 13.6. The van der Waals surface area contributed by atoms with Gasteiger partial charge in [0.05, 0.1) is 5.52 Å². The predicted octanol–water partition coefficient (Wildman–Crippen LogP) is 4.95. The van der Waals surface area contributed by atoms with Crippen molar-refractivity contribution >= 4 is 44.1 Å². The van der Waals surface area contributed by atoms with Gasteiger partial charge in [0.15, 0.2) is 0 Å². The molecule has 0 aliphatic carbocycles. The number of nitrogens with one attached hydrogen (secondary N) is 2. The summed E-state index contributed by atoms with van der Waals surface area (Å²) in [6, 6.07) is 13.0. The summed E-state index contributed by atoms with van der Waals surface area (Å²) < 4.78 is 0.998. The molecule has 1 aromatic heterocycles. The second-order valence-corrected chi connectivity index (χ2v) is 7.04. The van der Waals surface area contributed by atoms with E-state index in [0.717, 1.165) is 46.1 Å². The molecular formula is C19H19BrClN3O. The van der Waals surface area contributed by atoms with Gasteiger partial charge in [-0.15, -0.1) is 0 Å². The highest BCUT2D eigenvalue weighted by Crippen LogP contribution is 2.24. The van der Waals surface area contributed by atoms with Crippen LogP contribution in [0.4, 0.5) is 5.69 Å². The third-order valence-corrected chi connectivity index (χ3v) is 4.90. The van der Waals surface area contributed by atoms with E-state index in [1.54, 1.807) is 18.3 Å². The second-order valence-electron chi connectivity index (χ2n) is 5.75. The summed E-state index contributed by atoms with van der Waals surface area (Å²) in [5.74, 6) is 0.284. The predicted molar refractivity (Wildman–Crippen MR) is 107 cm³/mol. The molecule has 0 aliphatic rings.